The summed E-state index contributed by atoms with van der Waals surface area (Å²) < 4.78 is 22.3. The van der Waals surface area contributed by atoms with Gasteiger partial charge in [0.2, 0.25) is 11.2 Å². The molecule has 0 saturated carbocycles. The van der Waals surface area contributed by atoms with Gasteiger partial charge in [-0.1, -0.05) is 108 Å². The molecule has 0 heterocycles. The highest BCUT2D eigenvalue weighted by Crippen LogP contribution is 2.28. The fourth-order valence-electron chi connectivity index (χ4n) is 3.49. The Morgan fingerprint density at radius 1 is 0.500 bits per heavy atom. The van der Waals surface area contributed by atoms with Crippen molar-refractivity contribution in [3.63, 3.8) is 0 Å². The lowest BCUT2D eigenvalue weighted by atomic mass is 9.90. The summed E-state index contributed by atoms with van der Waals surface area (Å²) in [5.74, 6) is 33.9. The molecule has 40 heavy (non-hydrogen) atoms. The summed E-state index contributed by atoms with van der Waals surface area (Å²) in [5.41, 5.74) is -1.73. The van der Waals surface area contributed by atoms with Crippen LogP contribution in [-0.2, 0) is 30.1 Å². The first-order chi connectivity index (χ1) is 19.4. The van der Waals surface area contributed by atoms with Crippen molar-refractivity contribution in [1.29, 1.82) is 0 Å². The highest BCUT2D eigenvalue weighted by molar-refractivity contribution is 5.49. The van der Waals surface area contributed by atoms with Gasteiger partial charge in [-0.25, -0.2) is 0 Å². The van der Waals surface area contributed by atoms with Gasteiger partial charge in [0.15, 0.2) is 24.4 Å². The molecule has 3 rings (SSSR count). The number of rotatable bonds is 6. The molecule has 200 valence electrons. The number of aliphatic hydroxyl groups is 2. The van der Waals surface area contributed by atoms with Gasteiger partial charge in [-0.3, -0.25) is 0 Å². The Morgan fingerprint density at radius 2 is 0.850 bits per heavy atom. The van der Waals surface area contributed by atoms with Gasteiger partial charge < -0.3 is 29.2 Å². The molecule has 2 aromatic rings. The smallest absolute Gasteiger partial charge is 0.216 e. The van der Waals surface area contributed by atoms with Gasteiger partial charge in [0, 0.05) is 39.6 Å². The average molecular weight is 533 g/mol. The number of aliphatic hydroxyl groups excluding tert-OH is 2. The predicted molar refractivity (Wildman–Crippen MR) is 151 cm³/mol. The molecule has 0 radical (unpaired) electrons. The van der Waals surface area contributed by atoms with Gasteiger partial charge in [-0.2, -0.15) is 0 Å². The second-order valence-electron chi connectivity index (χ2n) is 8.19. The van der Waals surface area contributed by atoms with Crippen LogP contribution < -0.4 is 0 Å². The highest BCUT2D eigenvalue weighted by atomic mass is 16.5. The Hall–Kier alpha value is -4.44. The lowest BCUT2D eigenvalue weighted by Crippen LogP contribution is -2.29. The fourth-order valence-corrected chi connectivity index (χ4v) is 3.49. The van der Waals surface area contributed by atoms with E-state index >= 15 is 0 Å². The van der Waals surface area contributed by atoms with Crippen molar-refractivity contribution in [2.45, 2.75) is 35.6 Å². The largest absolute Gasteiger partial charge is 0.369 e. The van der Waals surface area contributed by atoms with E-state index in [1.54, 1.807) is 0 Å². The maximum atomic E-state index is 10.6. The van der Waals surface area contributed by atoms with E-state index in [0.29, 0.717) is 11.1 Å². The molecule has 0 spiro atoms. The van der Waals surface area contributed by atoms with E-state index in [1.165, 1.54) is 28.4 Å². The van der Waals surface area contributed by atoms with Crippen LogP contribution in [0.25, 0.3) is 0 Å². The van der Waals surface area contributed by atoms with Gasteiger partial charge in [0.25, 0.3) is 0 Å². The molecule has 0 saturated heterocycles. The first-order valence-electron chi connectivity index (χ1n) is 12.2. The third-order valence-electron chi connectivity index (χ3n) is 5.68. The van der Waals surface area contributed by atoms with Crippen LogP contribution in [0.2, 0.25) is 0 Å². The minimum absolute atomic E-state index is 0.621. The second kappa shape index (κ2) is 14.6. The van der Waals surface area contributed by atoms with Crippen LogP contribution in [0.1, 0.15) is 11.1 Å². The molecule has 6 atom stereocenters. The number of ether oxygens (including phenoxy) is 4. The maximum Gasteiger partial charge on any atom is 0.216 e. The lowest BCUT2D eigenvalue weighted by Gasteiger charge is -2.25. The molecule has 0 aliphatic heterocycles. The van der Waals surface area contributed by atoms with Crippen LogP contribution in [0, 0.1) is 71.0 Å². The zero-order valence-electron chi connectivity index (χ0n) is 22.6. The SMILES string of the molecule is COC1C#CC(O)C#CC(OC)(c2ccccc2)C#CC(OC)(c2ccccc2)C#CC(O)C#CC(OC)C#C1. The van der Waals surface area contributed by atoms with E-state index in [0.717, 1.165) is 0 Å². The van der Waals surface area contributed by atoms with E-state index in [2.05, 4.69) is 71.0 Å². The van der Waals surface area contributed by atoms with E-state index in [1.807, 2.05) is 60.7 Å². The molecular formula is C34H28O6. The summed E-state index contributed by atoms with van der Waals surface area (Å²) in [5, 5.41) is 21.1. The standard InChI is InChI=1S/C34H28O6/c1-37-31-17-15-29(35)21-23-33(39-3,27-11-7-5-8-12-27)25-26-34(40-4,28-13-9-6-10-14-28)24-22-30(36)16-18-32(38-2)20-19-31/h5-14,29-32,35-36H,1-4H3. The Bertz CT molecular complexity index is 1420. The van der Waals surface area contributed by atoms with Crippen LogP contribution in [-0.4, -0.2) is 63.1 Å². The zero-order valence-corrected chi connectivity index (χ0v) is 22.6. The quantitative estimate of drug-likeness (QED) is 0.554. The van der Waals surface area contributed by atoms with Crippen molar-refractivity contribution in [2.75, 3.05) is 28.4 Å². The molecular weight excluding hydrogens is 504 g/mol. The number of hydrogen-bond acceptors (Lipinski definition) is 6. The average Bonchev–Trinajstić information content (AvgIpc) is 3.01. The van der Waals surface area contributed by atoms with E-state index < -0.39 is 35.6 Å². The third kappa shape index (κ3) is 7.79. The molecule has 2 aromatic carbocycles. The Kier molecular flexibility index (Phi) is 11.0. The van der Waals surface area contributed by atoms with Crippen molar-refractivity contribution in [3.05, 3.63) is 71.8 Å². The van der Waals surface area contributed by atoms with Crippen LogP contribution >= 0.6 is 0 Å². The first-order valence-corrected chi connectivity index (χ1v) is 12.2. The first kappa shape index (κ1) is 30.1. The molecule has 6 heteroatoms. The van der Waals surface area contributed by atoms with Crippen LogP contribution in [0.4, 0.5) is 0 Å². The highest BCUT2D eigenvalue weighted by Gasteiger charge is 2.32. The maximum absolute atomic E-state index is 10.6. The number of hydrogen-bond donors (Lipinski definition) is 2. The van der Waals surface area contributed by atoms with Crippen molar-refractivity contribution >= 4 is 0 Å². The lowest BCUT2D eigenvalue weighted by molar-refractivity contribution is 0.0798. The normalized spacial score (nSPS) is 27.4. The molecule has 6 nitrogen and oxygen atoms in total. The Labute approximate surface area is 236 Å². The van der Waals surface area contributed by atoms with Gasteiger partial charge in [-0.15, -0.1) is 0 Å². The summed E-state index contributed by atoms with van der Waals surface area (Å²) in [6, 6.07) is 18.2. The van der Waals surface area contributed by atoms with E-state index in [9.17, 15) is 10.2 Å². The van der Waals surface area contributed by atoms with Crippen molar-refractivity contribution in [1.82, 2.24) is 0 Å². The predicted octanol–water partition coefficient (Wildman–Crippen LogP) is 1.86. The second-order valence-corrected chi connectivity index (χ2v) is 8.19. The molecule has 0 bridgehead atoms. The minimum atomic E-state index is -1.49. The molecule has 0 aromatic heterocycles. The number of methoxy groups -OCH3 is 4. The van der Waals surface area contributed by atoms with Gasteiger partial charge in [0.1, 0.15) is 0 Å². The van der Waals surface area contributed by atoms with E-state index in [-0.39, 0.29) is 0 Å². The Morgan fingerprint density at radius 3 is 1.18 bits per heavy atom. The zero-order chi connectivity index (χ0) is 28.8. The van der Waals surface area contributed by atoms with Crippen LogP contribution in [0.15, 0.2) is 60.7 Å². The summed E-state index contributed by atoms with van der Waals surface area (Å²) in [6.07, 6.45) is -4.39. The van der Waals surface area contributed by atoms with Gasteiger partial charge in [-0.05, 0) is 23.7 Å². The van der Waals surface area contributed by atoms with Gasteiger partial charge >= 0.3 is 0 Å². The molecule has 1 aliphatic carbocycles. The fraction of sp³-hybridized carbons (Fsp3) is 0.294. The monoisotopic (exact) mass is 532 g/mol. The van der Waals surface area contributed by atoms with Crippen molar-refractivity contribution in [3.8, 4) is 71.0 Å². The van der Waals surface area contributed by atoms with Gasteiger partial charge in [0.05, 0.1) is 0 Å². The molecule has 1 aliphatic rings. The van der Waals surface area contributed by atoms with E-state index in [4.69, 9.17) is 18.9 Å². The molecule has 2 N–H and O–H groups in total. The van der Waals surface area contributed by atoms with Crippen LogP contribution in [0.5, 0.6) is 0 Å². The summed E-state index contributed by atoms with van der Waals surface area (Å²) in [7, 11) is 5.79. The minimum Gasteiger partial charge on any atom is -0.369 e. The Balaban J connectivity index is 2.32. The van der Waals surface area contributed by atoms with Crippen molar-refractivity contribution < 1.29 is 29.2 Å². The topological polar surface area (TPSA) is 77.4 Å². The third-order valence-corrected chi connectivity index (χ3v) is 5.68. The van der Waals surface area contributed by atoms with Crippen molar-refractivity contribution in [2.24, 2.45) is 0 Å². The number of benzene rings is 2. The molecule has 0 amide bonds. The molecule has 6 unspecified atom stereocenters. The summed E-state index contributed by atoms with van der Waals surface area (Å²) in [6.45, 7) is 0. The summed E-state index contributed by atoms with van der Waals surface area (Å²) >= 11 is 0. The summed E-state index contributed by atoms with van der Waals surface area (Å²) in [4.78, 5) is 0. The van der Waals surface area contributed by atoms with Crippen LogP contribution in [0.3, 0.4) is 0 Å². The molecule has 0 fully saturated rings.